The molecular formula is C17H11Cl2NO3S. The average Bonchev–Trinajstić information content (AvgIpc) is 3.04. The second-order valence-corrected chi connectivity index (χ2v) is 6.60. The lowest BCUT2D eigenvalue weighted by molar-refractivity contribution is 0.0691. The standard InChI is InChI=1S/C17H11Cl2NO3S/c18-12-6-5-10(7-13(12)19)14-9-24-16(20-14)8-23-15-4-2-1-3-11(15)17(21)22/h1-7,9H,8H2,(H,21,22). The summed E-state index contributed by atoms with van der Waals surface area (Å²) in [6, 6.07) is 11.8. The minimum atomic E-state index is -1.03. The van der Waals surface area contributed by atoms with Gasteiger partial charge >= 0.3 is 5.97 Å². The lowest BCUT2D eigenvalue weighted by atomic mass is 10.2. The van der Waals surface area contributed by atoms with Gasteiger partial charge in [0, 0.05) is 10.9 Å². The number of nitrogens with zero attached hydrogens (tertiary/aromatic N) is 1. The van der Waals surface area contributed by atoms with Gasteiger partial charge in [-0.25, -0.2) is 9.78 Å². The average molecular weight is 380 g/mol. The Kier molecular flexibility index (Phi) is 5.04. The summed E-state index contributed by atoms with van der Waals surface area (Å²) in [6.45, 7) is 0.191. The van der Waals surface area contributed by atoms with Crippen molar-refractivity contribution in [2.45, 2.75) is 6.61 Å². The highest BCUT2D eigenvalue weighted by atomic mass is 35.5. The van der Waals surface area contributed by atoms with Crippen LogP contribution in [-0.4, -0.2) is 16.1 Å². The van der Waals surface area contributed by atoms with Crippen LogP contribution in [0.3, 0.4) is 0 Å². The number of hydrogen-bond donors (Lipinski definition) is 1. The number of thiazole rings is 1. The normalized spacial score (nSPS) is 10.6. The smallest absolute Gasteiger partial charge is 0.339 e. The first-order chi connectivity index (χ1) is 11.5. The van der Waals surface area contributed by atoms with Crippen LogP contribution in [0.25, 0.3) is 11.3 Å². The summed E-state index contributed by atoms with van der Waals surface area (Å²) in [6.07, 6.45) is 0. The van der Waals surface area contributed by atoms with Crippen LogP contribution in [0, 0.1) is 0 Å². The van der Waals surface area contributed by atoms with Crippen molar-refractivity contribution >= 4 is 40.5 Å². The van der Waals surface area contributed by atoms with Gasteiger partial charge in [0.1, 0.15) is 22.9 Å². The van der Waals surface area contributed by atoms with Gasteiger partial charge in [-0.3, -0.25) is 0 Å². The van der Waals surface area contributed by atoms with Crippen LogP contribution in [-0.2, 0) is 6.61 Å². The van der Waals surface area contributed by atoms with Crippen molar-refractivity contribution in [3.05, 3.63) is 68.5 Å². The predicted molar refractivity (Wildman–Crippen MR) is 95.3 cm³/mol. The molecule has 0 bridgehead atoms. The number of aromatic carboxylic acids is 1. The molecule has 0 saturated carbocycles. The van der Waals surface area contributed by atoms with Crippen molar-refractivity contribution < 1.29 is 14.6 Å². The zero-order valence-corrected chi connectivity index (χ0v) is 14.5. The molecule has 0 amide bonds. The van der Waals surface area contributed by atoms with Gasteiger partial charge in [0.2, 0.25) is 0 Å². The number of carboxylic acid groups (broad SMARTS) is 1. The van der Waals surface area contributed by atoms with Crippen LogP contribution in [0.15, 0.2) is 47.8 Å². The zero-order chi connectivity index (χ0) is 17.1. The van der Waals surface area contributed by atoms with Crippen LogP contribution in [0.2, 0.25) is 10.0 Å². The van der Waals surface area contributed by atoms with E-state index in [1.165, 1.54) is 17.4 Å². The molecule has 0 atom stereocenters. The van der Waals surface area contributed by atoms with Gasteiger partial charge in [-0.15, -0.1) is 11.3 Å². The lowest BCUT2D eigenvalue weighted by Gasteiger charge is -2.07. The maximum absolute atomic E-state index is 11.2. The summed E-state index contributed by atoms with van der Waals surface area (Å²) in [5.41, 5.74) is 1.75. The molecule has 24 heavy (non-hydrogen) atoms. The van der Waals surface area contributed by atoms with E-state index in [9.17, 15) is 4.79 Å². The maximum Gasteiger partial charge on any atom is 0.339 e. The lowest BCUT2D eigenvalue weighted by Crippen LogP contribution is -2.03. The number of para-hydroxylation sites is 1. The molecular weight excluding hydrogens is 369 g/mol. The molecule has 0 aliphatic carbocycles. The van der Waals surface area contributed by atoms with E-state index in [0.717, 1.165) is 16.3 Å². The molecule has 122 valence electrons. The monoisotopic (exact) mass is 379 g/mol. The highest BCUT2D eigenvalue weighted by Gasteiger charge is 2.12. The summed E-state index contributed by atoms with van der Waals surface area (Å²) in [5, 5.41) is 12.7. The number of aromatic nitrogens is 1. The van der Waals surface area contributed by atoms with Crippen LogP contribution < -0.4 is 4.74 Å². The Morgan fingerprint density at radius 1 is 1.17 bits per heavy atom. The fraction of sp³-hybridized carbons (Fsp3) is 0.0588. The van der Waals surface area contributed by atoms with Crippen LogP contribution in [0.5, 0.6) is 5.75 Å². The molecule has 7 heteroatoms. The number of carboxylic acids is 1. The van der Waals surface area contributed by atoms with Crippen molar-refractivity contribution in [3.8, 4) is 17.0 Å². The van der Waals surface area contributed by atoms with Crippen molar-refractivity contribution in [2.24, 2.45) is 0 Å². The third-order valence-electron chi connectivity index (χ3n) is 3.24. The summed E-state index contributed by atoms with van der Waals surface area (Å²) in [7, 11) is 0. The molecule has 4 nitrogen and oxygen atoms in total. The molecule has 0 aliphatic rings. The Morgan fingerprint density at radius 2 is 1.96 bits per heavy atom. The van der Waals surface area contributed by atoms with Gasteiger partial charge < -0.3 is 9.84 Å². The van der Waals surface area contributed by atoms with E-state index in [4.69, 9.17) is 33.0 Å². The third-order valence-corrected chi connectivity index (χ3v) is 4.80. The third kappa shape index (κ3) is 3.70. The van der Waals surface area contributed by atoms with Crippen LogP contribution >= 0.6 is 34.5 Å². The summed E-state index contributed by atoms with van der Waals surface area (Å²) < 4.78 is 5.60. The molecule has 0 radical (unpaired) electrons. The van der Waals surface area contributed by atoms with Crippen molar-refractivity contribution in [1.29, 1.82) is 0 Å². The quantitative estimate of drug-likeness (QED) is 0.644. The SMILES string of the molecule is O=C(O)c1ccccc1OCc1nc(-c2ccc(Cl)c(Cl)c2)cs1. The van der Waals surface area contributed by atoms with Crippen molar-refractivity contribution in [3.63, 3.8) is 0 Å². The number of carbonyl (C=O) groups is 1. The molecule has 0 spiro atoms. The van der Waals surface area contributed by atoms with Gasteiger partial charge in [-0.2, -0.15) is 0 Å². The van der Waals surface area contributed by atoms with E-state index in [2.05, 4.69) is 4.98 Å². The van der Waals surface area contributed by atoms with Crippen molar-refractivity contribution in [1.82, 2.24) is 4.98 Å². The Bertz CT molecular complexity index is 895. The van der Waals surface area contributed by atoms with Gasteiger partial charge in [0.25, 0.3) is 0 Å². The molecule has 3 rings (SSSR count). The van der Waals surface area contributed by atoms with E-state index < -0.39 is 5.97 Å². The number of ether oxygens (including phenoxy) is 1. The molecule has 2 aromatic carbocycles. The second kappa shape index (κ2) is 7.21. The molecule has 0 saturated heterocycles. The summed E-state index contributed by atoms with van der Waals surface area (Å²) in [4.78, 5) is 15.7. The minimum absolute atomic E-state index is 0.124. The van der Waals surface area contributed by atoms with Crippen molar-refractivity contribution in [2.75, 3.05) is 0 Å². The summed E-state index contributed by atoms with van der Waals surface area (Å²) in [5.74, 6) is -0.711. The molecule has 0 aliphatic heterocycles. The van der Waals surface area contributed by atoms with Gasteiger partial charge in [-0.1, -0.05) is 41.4 Å². The molecule has 3 aromatic rings. The van der Waals surface area contributed by atoms with E-state index in [1.54, 1.807) is 30.3 Å². The fourth-order valence-electron chi connectivity index (χ4n) is 2.07. The zero-order valence-electron chi connectivity index (χ0n) is 12.2. The van der Waals surface area contributed by atoms with Gasteiger partial charge in [-0.05, 0) is 24.3 Å². The molecule has 1 N–H and O–H groups in total. The number of hydrogen-bond acceptors (Lipinski definition) is 4. The molecule has 1 heterocycles. The van der Waals surface area contributed by atoms with Gasteiger partial charge in [0.05, 0.1) is 15.7 Å². The van der Waals surface area contributed by atoms with E-state index in [0.29, 0.717) is 15.8 Å². The number of rotatable bonds is 5. The van der Waals surface area contributed by atoms with E-state index >= 15 is 0 Å². The highest BCUT2D eigenvalue weighted by Crippen LogP contribution is 2.29. The predicted octanol–water partition coefficient (Wildman–Crippen LogP) is 5.39. The van der Waals surface area contributed by atoms with Crippen LogP contribution in [0.1, 0.15) is 15.4 Å². The van der Waals surface area contributed by atoms with Crippen LogP contribution in [0.4, 0.5) is 0 Å². The second-order valence-electron chi connectivity index (χ2n) is 4.85. The van der Waals surface area contributed by atoms with E-state index in [1.807, 2.05) is 11.4 Å². The highest BCUT2D eigenvalue weighted by molar-refractivity contribution is 7.09. The Labute approximate surface area is 152 Å². The first-order valence-corrected chi connectivity index (χ1v) is 8.53. The fourth-order valence-corrected chi connectivity index (χ4v) is 3.09. The topological polar surface area (TPSA) is 59.4 Å². The Hall–Kier alpha value is -2.08. The maximum atomic E-state index is 11.2. The molecule has 0 unspecified atom stereocenters. The first-order valence-electron chi connectivity index (χ1n) is 6.89. The Balaban J connectivity index is 1.75. The van der Waals surface area contributed by atoms with Gasteiger partial charge in [0.15, 0.2) is 0 Å². The number of halogens is 2. The minimum Gasteiger partial charge on any atom is -0.486 e. The Morgan fingerprint density at radius 3 is 2.71 bits per heavy atom. The molecule has 0 fully saturated rings. The largest absolute Gasteiger partial charge is 0.486 e. The van der Waals surface area contributed by atoms with E-state index in [-0.39, 0.29) is 12.2 Å². The number of benzene rings is 2. The summed E-state index contributed by atoms with van der Waals surface area (Å²) >= 11 is 13.4. The first kappa shape index (κ1) is 16.8. The molecule has 1 aromatic heterocycles.